The molecule has 0 aliphatic heterocycles. The van der Waals surface area contributed by atoms with E-state index in [-0.39, 0.29) is 12.3 Å². The first-order valence-electron chi connectivity index (χ1n) is 5.48. The minimum absolute atomic E-state index is 0.181. The van der Waals surface area contributed by atoms with Gasteiger partial charge in [0.1, 0.15) is 17.5 Å². The second kappa shape index (κ2) is 5.15. The van der Waals surface area contributed by atoms with Gasteiger partial charge in [0.15, 0.2) is 0 Å². The molecule has 1 aromatic heterocycles. The highest BCUT2D eigenvalue weighted by Crippen LogP contribution is 2.10. The molecule has 2 N–H and O–H groups in total. The molecule has 0 spiro atoms. The molecule has 90 valence electrons. The second-order valence-electron chi connectivity index (χ2n) is 3.98. The van der Waals surface area contributed by atoms with Crippen LogP contribution < -0.4 is 5.32 Å². The molecule has 0 atom stereocenters. The standard InChI is InChI=1S/C13H12N4O/c1-9-2-4-10(5-3-9)6-12(18)16-13-11(7-14)8-15-17-13/h2-5,8H,6H2,1H3,(H2,15,16,17,18). The van der Waals surface area contributed by atoms with E-state index in [4.69, 9.17) is 5.26 Å². The van der Waals surface area contributed by atoms with E-state index in [1.54, 1.807) is 0 Å². The van der Waals surface area contributed by atoms with Crippen LogP contribution in [0.4, 0.5) is 5.82 Å². The lowest BCUT2D eigenvalue weighted by Crippen LogP contribution is -2.15. The Labute approximate surface area is 104 Å². The number of benzene rings is 1. The van der Waals surface area contributed by atoms with Crippen molar-refractivity contribution in [2.75, 3.05) is 5.32 Å². The number of nitrogens with one attached hydrogen (secondary N) is 2. The fraction of sp³-hybridized carbons (Fsp3) is 0.154. The van der Waals surface area contributed by atoms with Crippen molar-refractivity contribution in [2.24, 2.45) is 0 Å². The zero-order valence-electron chi connectivity index (χ0n) is 9.90. The molecule has 18 heavy (non-hydrogen) atoms. The second-order valence-corrected chi connectivity index (χ2v) is 3.98. The maximum absolute atomic E-state index is 11.8. The molecule has 0 unspecified atom stereocenters. The minimum atomic E-state index is -0.181. The molecule has 0 bridgehead atoms. The molecule has 5 heteroatoms. The van der Waals surface area contributed by atoms with Gasteiger partial charge in [-0.2, -0.15) is 10.4 Å². The number of H-pyrrole nitrogens is 1. The summed E-state index contributed by atoms with van der Waals surface area (Å²) in [5, 5.41) is 17.7. The van der Waals surface area contributed by atoms with Gasteiger partial charge in [-0.1, -0.05) is 29.8 Å². The van der Waals surface area contributed by atoms with Gasteiger partial charge in [-0.15, -0.1) is 0 Å². The van der Waals surface area contributed by atoms with Gasteiger partial charge < -0.3 is 5.32 Å². The number of anilines is 1. The molecule has 0 aliphatic carbocycles. The van der Waals surface area contributed by atoms with Crippen LogP contribution >= 0.6 is 0 Å². The molecular formula is C13H12N4O. The SMILES string of the molecule is Cc1ccc(CC(=O)Nc2[nH]ncc2C#N)cc1. The highest BCUT2D eigenvalue weighted by molar-refractivity contribution is 5.92. The van der Waals surface area contributed by atoms with Crippen LogP contribution in [0.2, 0.25) is 0 Å². The summed E-state index contributed by atoms with van der Waals surface area (Å²) in [5.74, 6) is 0.161. The van der Waals surface area contributed by atoms with Crippen LogP contribution in [-0.2, 0) is 11.2 Å². The summed E-state index contributed by atoms with van der Waals surface area (Å²) in [4.78, 5) is 11.8. The summed E-state index contributed by atoms with van der Waals surface area (Å²) >= 11 is 0. The lowest BCUT2D eigenvalue weighted by molar-refractivity contribution is -0.115. The topological polar surface area (TPSA) is 81.6 Å². The first-order chi connectivity index (χ1) is 8.69. The molecule has 0 fully saturated rings. The summed E-state index contributed by atoms with van der Waals surface area (Å²) in [6.07, 6.45) is 1.64. The maximum atomic E-state index is 11.8. The van der Waals surface area contributed by atoms with Crippen molar-refractivity contribution in [3.05, 3.63) is 47.2 Å². The zero-order chi connectivity index (χ0) is 13.0. The molecular weight excluding hydrogens is 228 g/mol. The molecule has 2 rings (SSSR count). The highest BCUT2D eigenvalue weighted by atomic mass is 16.1. The Hall–Kier alpha value is -2.61. The number of aromatic nitrogens is 2. The third-order valence-electron chi connectivity index (χ3n) is 2.51. The molecule has 5 nitrogen and oxygen atoms in total. The lowest BCUT2D eigenvalue weighted by atomic mass is 10.1. The summed E-state index contributed by atoms with van der Waals surface area (Å²) in [7, 11) is 0. The van der Waals surface area contributed by atoms with Crippen molar-refractivity contribution >= 4 is 11.7 Å². The molecule has 1 amide bonds. The number of nitrogens with zero attached hydrogens (tertiary/aromatic N) is 2. The van der Waals surface area contributed by atoms with Gasteiger partial charge >= 0.3 is 0 Å². The predicted octanol–water partition coefficient (Wildman–Crippen LogP) is 1.77. The number of nitriles is 1. The average Bonchev–Trinajstić information content (AvgIpc) is 2.79. The number of aromatic amines is 1. The monoisotopic (exact) mass is 240 g/mol. The van der Waals surface area contributed by atoms with Crippen molar-refractivity contribution in [2.45, 2.75) is 13.3 Å². The first-order valence-corrected chi connectivity index (χ1v) is 5.48. The van der Waals surface area contributed by atoms with Crippen molar-refractivity contribution in [1.82, 2.24) is 10.2 Å². The van der Waals surface area contributed by atoms with Gasteiger partial charge in [0.25, 0.3) is 0 Å². The highest BCUT2D eigenvalue weighted by Gasteiger charge is 2.09. The summed E-state index contributed by atoms with van der Waals surface area (Å²) in [6.45, 7) is 1.99. The summed E-state index contributed by atoms with van der Waals surface area (Å²) in [6, 6.07) is 9.68. The average molecular weight is 240 g/mol. The van der Waals surface area contributed by atoms with Crippen LogP contribution in [0.1, 0.15) is 16.7 Å². The Morgan fingerprint density at radius 3 is 2.83 bits per heavy atom. The van der Waals surface area contributed by atoms with Gasteiger partial charge in [-0.25, -0.2) is 0 Å². The van der Waals surface area contributed by atoms with Gasteiger partial charge in [0.2, 0.25) is 5.91 Å². The van der Waals surface area contributed by atoms with Crippen molar-refractivity contribution in [3.63, 3.8) is 0 Å². The van der Waals surface area contributed by atoms with Gasteiger partial charge in [-0.05, 0) is 12.5 Å². The zero-order valence-corrected chi connectivity index (χ0v) is 9.90. The number of hydrogen-bond donors (Lipinski definition) is 2. The van der Waals surface area contributed by atoms with E-state index in [9.17, 15) is 4.79 Å². The summed E-state index contributed by atoms with van der Waals surface area (Å²) in [5.41, 5.74) is 2.41. The Bertz CT molecular complexity index is 592. The van der Waals surface area contributed by atoms with Crippen LogP contribution in [0.25, 0.3) is 0 Å². The Morgan fingerprint density at radius 1 is 1.44 bits per heavy atom. The van der Waals surface area contributed by atoms with E-state index < -0.39 is 0 Å². The Kier molecular flexibility index (Phi) is 3.39. The van der Waals surface area contributed by atoms with E-state index in [0.29, 0.717) is 11.4 Å². The smallest absolute Gasteiger partial charge is 0.229 e. The van der Waals surface area contributed by atoms with Gasteiger partial charge in [0.05, 0.1) is 12.6 Å². The van der Waals surface area contributed by atoms with E-state index in [1.165, 1.54) is 6.20 Å². The van der Waals surface area contributed by atoms with Gasteiger partial charge in [0, 0.05) is 0 Å². The molecule has 0 aliphatic rings. The number of carbonyl (C=O) groups excluding carboxylic acids is 1. The quantitative estimate of drug-likeness (QED) is 0.857. The Morgan fingerprint density at radius 2 is 2.17 bits per heavy atom. The van der Waals surface area contributed by atoms with Crippen LogP contribution in [0.3, 0.4) is 0 Å². The van der Waals surface area contributed by atoms with Gasteiger partial charge in [-0.3, -0.25) is 9.89 Å². The Balaban J connectivity index is 2.01. The van der Waals surface area contributed by atoms with Crippen molar-refractivity contribution in [1.29, 1.82) is 5.26 Å². The fourth-order valence-electron chi connectivity index (χ4n) is 1.54. The molecule has 0 saturated heterocycles. The largest absolute Gasteiger partial charge is 0.310 e. The third-order valence-corrected chi connectivity index (χ3v) is 2.51. The fourth-order valence-corrected chi connectivity index (χ4v) is 1.54. The van der Waals surface area contributed by atoms with Crippen molar-refractivity contribution in [3.8, 4) is 6.07 Å². The van der Waals surface area contributed by atoms with E-state index in [2.05, 4.69) is 15.5 Å². The van der Waals surface area contributed by atoms with Crippen LogP contribution in [-0.4, -0.2) is 16.1 Å². The number of carbonyl (C=O) groups is 1. The molecule has 1 aromatic carbocycles. The van der Waals surface area contributed by atoms with E-state index in [1.807, 2.05) is 37.3 Å². The van der Waals surface area contributed by atoms with Crippen LogP contribution in [0, 0.1) is 18.3 Å². The minimum Gasteiger partial charge on any atom is -0.310 e. The molecule has 0 saturated carbocycles. The molecule has 1 heterocycles. The third kappa shape index (κ3) is 2.74. The number of amides is 1. The molecule has 0 radical (unpaired) electrons. The predicted molar refractivity (Wildman–Crippen MR) is 66.8 cm³/mol. The first kappa shape index (κ1) is 11.9. The summed E-state index contributed by atoms with van der Waals surface area (Å²) < 4.78 is 0. The number of aryl methyl sites for hydroxylation is 1. The van der Waals surface area contributed by atoms with Crippen LogP contribution in [0.15, 0.2) is 30.5 Å². The molecule has 2 aromatic rings. The van der Waals surface area contributed by atoms with Crippen LogP contribution in [0.5, 0.6) is 0 Å². The maximum Gasteiger partial charge on any atom is 0.229 e. The van der Waals surface area contributed by atoms with E-state index >= 15 is 0 Å². The normalized spacial score (nSPS) is 9.78. The number of hydrogen-bond acceptors (Lipinski definition) is 3. The lowest BCUT2D eigenvalue weighted by Gasteiger charge is -2.03. The van der Waals surface area contributed by atoms with Crippen molar-refractivity contribution < 1.29 is 4.79 Å². The number of rotatable bonds is 3. The van der Waals surface area contributed by atoms with E-state index in [0.717, 1.165) is 11.1 Å².